The number of urea groups is 3. The molecule has 0 aromatic heterocycles. The monoisotopic (exact) mass is 2080 g/mol. The summed E-state index contributed by atoms with van der Waals surface area (Å²) in [5.74, 6) is -9.84. The van der Waals surface area contributed by atoms with E-state index in [4.69, 9.17) is 19.9 Å². The topological polar surface area (TPSA) is 539 Å². The van der Waals surface area contributed by atoms with Crippen molar-refractivity contribution < 1.29 is 114 Å². The van der Waals surface area contributed by atoms with E-state index < -0.39 is 203 Å². The fraction of sp³-hybridized carbons (Fsp3) is 0.736. The first-order chi connectivity index (χ1) is 69.2. The second-order valence-electron chi connectivity index (χ2n) is 47.1. The Balaban J connectivity index is 0.000000247. The minimum atomic E-state index is -4.65. The van der Waals surface area contributed by atoms with E-state index in [-0.39, 0.29) is 139 Å². The van der Waals surface area contributed by atoms with Gasteiger partial charge in [0.05, 0.1) is 36.3 Å². The summed E-state index contributed by atoms with van der Waals surface area (Å²) in [4.78, 5) is 242. The number of alkyl halides is 3. The Hall–Kier alpha value is -11.7. The van der Waals surface area contributed by atoms with Crippen molar-refractivity contribution in [1.29, 1.82) is 0 Å². The fourth-order valence-corrected chi connectivity index (χ4v) is 22.5. The number of carbonyl (C=O) groups is 18. The zero-order chi connectivity index (χ0) is 110. The number of likely N-dealkylation sites (tertiary alicyclic amines) is 3. The van der Waals surface area contributed by atoms with Crippen LogP contribution in [0.15, 0.2) is 49.6 Å². The smallest absolute Gasteiger partial charge is 0.407 e. The van der Waals surface area contributed by atoms with Crippen LogP contribution >= 0.6 is 0 Å². The summed E-state index contributed by atoms with van der Waals surface area (Å²) >= 11 is 0. The highest BCUT2D eigenvalue weighted by Crippen LogP contribution is 2.67. The van der Waals surface area contributed by atoms with Crippen molar-refractivity contribution in [2.24, 2.45) is 97.4 Å². The summed E-state index contributed by atoms with van der Waals surface area (Å²) in [5, 5.41) is 37.8. The molecule has 11 rings (SSSR count). The van der Waals surface area contributed by atoms with Gasteiger partial charge in [-0.25, -0.2) is 28.8 Å². The average molecular weight is 2080 g/mol. The molecule has 6 saturated carbocycles. The summed E-state index contributed by atoms with van der Waals surface area (Å²) in [6.45, 7) is 44.4. The third kappa shape index (κ3) is 31.1. The molecule has 3 heterocycles. The Morgan fingerprint density at radius 3 is 1.12 bits per heavy atom. The molecule has 39 nitrogen and oxygen atoms in total. The zero-order valence-corrected chi connectivity index (χ0v) is 90.1. The van der Waals surface area contributed by atoms with Crippen LogP contribution in [0.25, 0.3) is 0 Å². The van der Waals surface area contributed by atoms with Gasteiger partial charge in [0.15, 0.2) is 0 Å². The van der Waals surface area contributed by atoms with Gasteiger partial charge >= 0.3 is 42.5 Å². The van der Waals surface area contributed by atoms with Crippen LogP contribution in [0.3, 0.4) is 0 Å². The summed E-state index contributed by atoms with van der Waals surface area (Å²) < 4.78 is 55.6. The van der Waals surface area contributed by atoms with Crippen LogP contribution in [0.5, 0.6) is 0 Å². The van der Waals surface area contributed by atoms with E-state index in [1.165, 1.54) is 24.1 Å². The number of fused-ring (bicyclic) bond motifs is 4. The number of hydrogen-bond donors (Lipinski definition) is 15. The minimum Gasteiger partial charge on any atom is -0.447 e. The quantitative estimate of drug-likeness (QED) is 0.0165. The van der Waals surface area contributed by atoms with Crippen molar-refractivity contribution in [3.05, 3.63) is 60.7 Å². The Labute approximate surface area is 868 Å². The first kappa shape index (κ1) is 120. The average Bonchev–Trinajstić information content (AvgIpc) is 1.54. The predicted molar refractivity (Wildman–Crippen MR) is 544 cm³/mol. The number of nitrogens with one attached hydrogen (secondary N) is 14. The highest BCUT2D eigenvalue weighted by atomic mass is 19.4. The van der Waals surface area contributed by atoms with Gasteiger partial charge in [0, 0.05) is 58.8 Å². The molecule has 826 valence electrons. The number of benzene rings is 1. The maximum Gasteiger partial charge on any atom is 0.407 e. The van der Waals surface area contributed by atoms with Crippen molar-refractivity contribution >= 4 is 107 Å². The molecule has 16 N–H and O–H groups in total. The summed E-state index contributed by atoms with van der Waals surface area (Å²) in [7, 11) is 1.45. The van der Waals surface area contributed by atoms with Gasteiger partial charge in [-0.2, -0.15) is 13.2 Å². The third-order valence-corrected chi connectivity index (χ3v) is 32.1. The van der Waals surface area contributed by atoms with Gasteiger partial charge in [0.2, 0.25) is 52.8 Å². The number of ketones is 3. The number of Topliss-reactive ketones (excluding diaryl/α,β-unsaturated/α-hetero) is 3. The highest BCUT2D eigenvalue weighted by Gasteiger charge is 2.73. The third-order valence-electron chi connectivity index (χ3n) is 32.1. The number of nitrogens with two attached hydrogens (primary N) is 1. The Kier molecular flexibility index (Phi) is 41.1. The normalized spacial score (nSPS) is 23.5. The molecule has 18 amide bonds. The van der Waals surface area contributed by atoms with Crippen molar-refractivity contribution in [3.8, 4) is 0 Å². The van der Waals surface area contributed by atoms with Gasteiger partial charge in [0.1, 0.15) is 56.1 Å². The molecule has 10 aliphatic rings. The second-order valence-corrected chi connectivity index (χ2v) is 47.1. The summed E-state index contributed by atoms with van der Waals surface area (Å²) in [6.07, 6.45) is 6.46. The van der Waals surface area contributed by atoms with Gasteiger partial charge in [-0.05, 0) is 181 Å². The number of ether oxygens (including phenoxy) is 3. The second kappa shape index (κ2) is 50.8. The zero-order valence-electron chi connectivity index (χ0n) is 90.1. The number of rotatable bonds is 42. The molecule has 3 saturated heterocycles. The van der Waals surface area contributed by atoms with Crippen molar-refractivity contribution in [2.45, 2.75) is 338 Å². The highest BCUT2D eigenvalue weighted by molar-refractivity contribution is 6.39. The van der Waals surface area contributed by atoms with E-state index in [1.54, 1.807) is 16.7 Å². The molecule has 0 radical (unpaired) electrons. The standard InChI is InChI=1S/C37H54N6O7.C35H55F3N6O7.C34H56N6O7/c1-9-13-25(30(44)32(46)39-16-10-2)40-31(45)29-27-24(37(27,6)7)19-43(29)33(47)28(23-17-21-14-11-12-15-22(21)18-23)42-34(48)41-26(36(3,4)5)20-50-35(49)38-8;1-8-17-40-29(47)27(45)22(15-16-35(36,37)38)41-28(46)26-24-21(34(24,6)7)18-44(26)30(48)25(20-13-11-10-12-14-20)43-31(49)42-23(33(3,4)5)19-51-32(50)39-9-2;1-18(2)36-32(46)47-17-23(33(3,4)5)38-31(45)39-25(20-13-8-9-14-20)30(44)40-16-21-24(34(21,6)7)26(40)29(43)37-22(27(41)28(35)42)15-19-11-10-12-19/h10-12,14-15,23-29H,2,9,13,16-20H2,1,3-8H3,(H,38,49)(H,39,46)(H,40,45)(H2,41,42,48);8,20-26H,1,9-19H2,2-7H3,(H,39,50)(H,40,47)(H,41,46)(H2,42,43,49);18-26H,8-17H2,1-7H3,(H2,35,42)(H,36,46)(H,37,43)(H2,38,39,45)/t24-,25?,26+,27-,28-,29-;2*21-,22?,23+,24-,25-,26-/m000/s1. The van der Waals surface area contributed by atoms with E-state index in [1.807, 2.05) is 121 Å². The van der Waals surface area contributed by atoms with Gasteiger partial charge in [-0.15, -0.1) is 13.2 Å². The van der Waals surface area contributed by atoms with E-state index >= 15 is 0 Å². The van der Waals surface area contributed by atoms with E-state index in [9.17, 15) is 99.5 Å². The van der Waals surface area contributed by atoms with Crippen LogP contribution in [0.4, 0.5) is 41.9 Å². The fourth-order valence-electron chi connectivity index (χ4n) is 22.5. The molecule has 3 unspecified atom stereocenters. The summed E-state index contributed by atoms with van der Waals surface area (Å²) in [6, 6.07) is -5.33. The molecule has 3 aliphatic heterocycles. The predicted octanol–water partition coefficient (Wildman–Crippen LogP) is 8.66. The Morgan fingerprint density at radius 2 is 0.797 bits per heavy atom. The van der Waals surface area contributed by atoms with Crippen molar-refractivity contribution in [1.82, 2.24) is 89.1 Å². The maximum atomic E-state index is 14.7. The molecule has 1 aromatic rings. The lowest BCUT2D eigenvalue weighted by molar-refractivity contribution is -0.147. The molecule has 1 aromatic carbocycles. The van der Waals surface area contributed by atoms with Crippen molar-refractivity contribution in [3.63, 3.8) is 0 Å². The number of primary amides is 1. The molecule has 0 bridgehead atoms. The first-order valence-electron chi connectivity index (χ1n) is 52.7. The number of alkyl carbamates (subject to hydrolysis) is 3. The van der Waals surface area contributed by atoms with Crippen LogP contribution in [-0.2, 0) is 84.6 Å². The maximum absolute atomic E-state index is 14.7. The molecular weight excluding hydrogens is 1920 g/mol. The van der Waals surface area contributed by atoms with Crippen LogP contribution in [0, 0.1) is 91.7 Å². The number of nitrogens with zero attached hydrogens (tertiary/aromatic N) is 3. The van der Waals surface area contributed by atoms with Crippen LogP contribution in [-0.4, -0.2) is 272 Å². The number of carbonyl (C=O) groups excluding carboxylic acids is 18. The minimum absolute atomic E-state index is 0.0563. The molecule has 148 heavy (non-hydrogen) atoms. The van der Waals surface area contributed by atoms with Crippen LogP contribution in [0.2, 0.25) is 0 Å². The van der Waals surface area contributed by atoms with E-state index in [0.717, 1.165) is 75.3 Å². The summed E-state index contributed by atoms with van der Waals surface area (Å²) in [5.41, 5.74) is 5.28. The molecular formula is C106H165F3N18O21. The lowest BCUT2D eigenvalue weighted by Gasteiger charge is -2.38. The Morgan fingerprint density at radius 1 is 0.446 bits per heavy atom. The van der Waals surface area contributed by atoms with Gasteiger partial charge < -0.3 is 109 Å². The number of piperidine rings is 3. The molecule has 0 spiro atoms. The van der Waals surface area contributed by atoms with Crippen molar-refractivity contribution in [2.75, 3.05) is 66.1 Å². The molecule has 18 atom stereocenters. The first-order valence-corrected chi connectivity index (χ1v) is 52.7. The molecule has 9 fully saturated rings. The molecule has 7 aliphatic carbocycles. The van der Waals surface area contributed by atoms with Crippen LogP contribution in [0.1, 0.15) is 252 Å². The SMILES string of the molecule is C=CCNC(=O)C(=O)C(CCC(F)(F)F)NC(=O)[C@@H]1[C@@H]2[C@H](CN1C(=O)[C@@H](NC(=O)N[C@H](COC(=O)NCC)C(C)(C)C)C1CCCCC1)C2(C)C.C=CCNC(=O)C(=O)C(CCC)NC(=O)[C@@H]1[C@@H]2[C@H](CN1C(=O)[C@@H](NC(=O)N[C@H](COC(=O)NC)C(C)(C)C)C1Cc3ccccc3C1)C2(C)C.CC(C)NC(=O)OC[C@@H](NC(=O)N[C@H](C(=O)N1C[C@H]2[C@@H]([C@H]1C(=O)NC(CC1CCC1)C(=O)C(N)=O)C2(C)C)C1CCCC1)C(C)(C)C. The number of amides is 18. The van der Waals surface area contributed by atoms with E-state index in [2.05, 4.69) is 115 Å². The van der Waals surface area contributed by atoms with Gasteiger partial charge in [-0.1, -0.05) is 205 Å². The lowest BCUT2D eigenvalue weighted by Crippen LogP contribution is -2.61. The van der Waals surface area contributed by atoms with E-state index in [0.29, 0.717) is 58.2 Å². The van der Waals surface area contributed by atoms with Gasteiger partial charge in [-0.3, -0.25) is 57.5 Å². The lowest BCUT2D eigenvalue weighted by atomic mass is 9.80. The van der Waals surface area contributed by atoms with Gasteiger partial charge in [0.25, 0.3) is 17.7 Å². The molecule has 42 heteroatoms. The number of hydrogen-bond acceptors (Lipinski definition) is 21. The van der Waals surface area contributed by atoms with Crippen LogP contribution < -0.4 is 80.2 Å². The largest absolute Gasteiger partial charge is 0.447 e. The Bertz CT molecular complexity index is 4950. The number of halogens is 3.